The van der Waals surface area contributed by atoms with Gasteiger partial charge < -0.3 is 4.74 Å². The molecule has 0 spiro atoms. The summed E-state index contributed by atoms with van der Waals surface area (Å²) in [6.07, 6.45) is -0.119. The quantitative estimate of drug-likeness (QED) is 0.726. The molecule has 0 N–H and O–H groups in total. The van der Waals surface area contributed by atoms with Gasteiger partial charge in [-0.15, -0.1) is 0 Å². The predicted molar refractivity (Wildman–Crippen MR) is 56.6 cm³/mol. The molecule has 0 saturated carbocycles. The number of aromatic nitrogens is 2. The largest absolute Gasteiger partial charge is 0.374 e. The number of ether oxygens (including phenoxy) is 1. The van der Waals surface area contributed by atoms with E-state index in [0.717, 1.165) is 5.69 Å². The van der Waals surface area contributed by atoms with Crippen molar-refractivity contribution in [3.63, 3.8) is 0 Å². The van der Waals surface area contributed by atoms with Gasteiger partial charge in [-0.2, -0.15) is 0 Å². The third-order valence-electron chi connectivity index (χ3n) is 2.04. The Morgan fingerprint density at radius 1 is 1.29 bits per heavy atom. The molecular formula is C10H15ClN2O. The maximum absolute atomic E-state index is 5.89. The van der Waals surface area contributed by atoms with E-state index in [9.17, 15) is 0 Å². The van der Waals surface area contributed by atoms with Crippen LogP contribution in [0, 0.1) is 0 Å². The van der Waals surface area contributed by atoms with E-state index in [2.05, 4.69) is 23.8 Å². The maximum Gasteiger partial charge on any atom is 0.158 e. The van der Waals surface area contributed by atoms with E-state index in [-0.39, 0.29) is 6.10 Å². The SMILES string of the molecule is COC(C)c1nc(Cl)cc(C(C)C)n1. The Morgan fingerprint density at radius 2 is 1.93 bits per heavy atom. The van der Waals surface area contributed by atoms with Crippen molar-refractivity contribution >= 4 is 11.6 Å². The molecule has 0 amide bonds. The highest BCUT2D eigenvalue weighted by atomic mass is 35.5. The standard InChI is InChI=1S/C10H15ClN2O/c1-6(2)8-5-9(11)13-10(12-8)7(3)14-4/h5-7H,1-4H3. The van der Waals surface area contributed by atoms with Gasteiger partial charge in [0.25, 0.3) is 0 Å². The van der Waals surface area contributed by atoms with Crippen molar-refractivity contribution in [2.45, 2.75) is 32.8 Å². The van der Waals surface area contributed by atoms with Gasteiger partial charge in [0.1, 0.15) is 11.3 Å². The summed E-state index contributed by atoms with van der Waals surface area (Å²) in [6, 6.07) is 1.79. The van der Waals surface area contributed by atoms with E-state index in [1.165, 1.54) is 0 Å². The van der Waals surface area contributed by atoms with Crippen molar-refractivity contribution in [2.75, 3.05) is 7.11 Å². The minimum absolute atomic E-state index is 0.119. The van der Waals surface area contributed by atoms with Gasteiger partial charge >= 0.3 is 0 Å². The van der Waals surface area contributed by atoms with Crippen LogP contribution in [0.15, 0.2) is 6.07 Å². The van der Waals surface area contributed by atoms with Gasteiger partial charge in [-0.25, -0.2) is 9.97 Å². The number of methoxy groups -OCH3 is 1. The van der Waals surface area contributed by atoms with Crippen LogP contribution in [0.1, 0.15) is 44.3 Å². The lowest BCUT2D eigenvalue weighted by atomic mass is 10.1. The fourth-order valence-corrected chi connectivity index (χ4v) is 1.23. The molecule has 0 aliphatic carbocycles. The number of rotatable bonds is 3. The normalized spacial score (nSPS) is 13.3. The molecule has 1 aromatic rings. The lowest BCUT2D eigenvalue weighted by Gasteiger charge is -2.11. The maximum atomic E-state index is 5.89. The Kier molecular flexibility index (Phi) is 3.84. The molecule has 1 aromatic heterocycles. The van der Waals surface area contributed by atoms with Crippen molar-refractivity contribution in [3.05, 3.63) is 22.7 Å². The van der Waals surface area contributed by atoms with E-state index in [1.807, 2.05) is 6.92 Å². The van der Waals surface area contributed by atoms with E-state index >= 15 is 0 Å². The molecule has 0 aliphatic heterocycles. The number of hydrogen-bond donors (Lipinski definition) is 0. The summed E-state index contributed by atoms with van der Waals surface area (Å²) < 4.78 is 5.14. The van der Waals surface area contributed by atoms with Crippen molar-refractivity contribution in [1.29, 1.82) is 0 Å². The van der Waals surface area contributed by atoms with Crippen LogP contribution in [0.5, 0.6) is 0 Å². The summed E-state index contributed by atoms with van der Waals surface area (Å²) in [5.41, 5.74) is 0.948. The topological polar surface area (TPSA) is 35.0 Å². The molecule has 0 radical (unpaired) electrons. The highest BCUT2D eigenvalue weighted by Gasteiger charge is 2.11. The van der Waals surface area contributed by atoms with Crippen LogP contribution in [0.3, 0.4) is 0 Å². The first-order chi connectivity index (χ1) is 6.54. The van der Waals surface area contributed by atoms with Crippen LogP contribution < -0.4 is 0 Å². The molecule has 78 valence electrons. The molecule has 4 heteroatoms. The number of hydrogen-bond acceptors (Lipinski definition) is 3. The molecule has 3 nitrogen and oxygen atoms in total. The molecule has 1 unspecified atom stereocenters. The molecule has 0 aliphatic rings. The second-order valence-electron chi connectivity index (χ2n) is 3.51. The van der Waals surface area contributed by atoms with Gasteiger partial charge in [-0.1, -0.05) is 25.4 Å². The van der Waals surface area contributed by atoms with Crippen LogP contribution in [-0.4, -0.2) is 17.1 Å². The first-order valence-electron chi connectivity index (χ1n) is 4.61. The molecule has 0 bridgehead atoms. The Balaban J connectivity index is 3.07. The zero-order valence-corrected chi connectivity index (χ0v) is 9.67. The summed E-state index contributed by atoms with van der Waals surface area (Å²) in [5.74, 6) is 0.988. The van der Waals surface area contributed by atoms with Gasteiger partial charge in [0.15, 0.2) is 5.82 Å². The Morgan fingerprint density at radius 3 is 2.43 bits per heavy atom. The lowest BCUT2D eigenvalue weighted by Crippen LogP contribution is -2.06. The second kappa shape index (κ2) is 4.71. The molecular weight excluding hydrogens is 200 g/mol. The summed E-state index contributed by atoms with van der Waals surface area (Å²) in [6.45, 7) is 6.04. The molecule has 14 heavy (non-hydrogen) atoms. The van der Waals surface area contributed by atoms with Gasteiger partial charge in [-0.05, 0) is 18.9 Å². The zero-order valence-electron chi connectivity index (χ0n) is 8.91. The van der Waals surface area contributed by atoms with Crippen molar-refractivity contribution in [2.24, 2.45) is 0 Å². The Bertz CT molecular complexity index is 315. The van der Waals surface area contributed by atoms with Crippen LogP contribution >= 0.6 is 11.6 Å². The Hall–Kier alpha value is -0.670. The smallest absolute Gasteiger partial charge is 0.158 e. The first-order valence-corrected chi connectivity index (χ1v) is 4.99. The van der Waals surface area contributed by atoms with Crippen molar-refractivity contribution in [1.82, 2.24) is 9.97 Å². The van der Waals surface area contributed by atoms with E-state index in [1.54, 1.807) is 13.2 Å². The number of halogens is 1. The second-order valence-corrected chi connectivity index (χ2v) is 3.89. The monoisotopic (exact) mass is 214 g/mol. The average Bonchev–Trinajstić information content (AvgIpc) is 2.15. The predicted octanol–water partition coefficient (Wildman–Crippen LogP) is 2.96. The summed E-state index contributed by atoms with van der Waals surface area (Å²) in [5, 5.41) is 0.475. The molecule has 0 saturated heterocycles. The minimum atomic E-state index is -0.119. The van der Waals surface area contributed by atoms with Gasteiger partial charge in [-0.3, -0.25) is 0 Å². The molecule has 0 aromatic carbocycles. The van der Waals surface area contributed by atoms with E-state index in [4.69, 9.17) is 16.3 Å². The number of nitrogens with zero attached hydrogens (tertiary/aromatic N) is 2. The van der Waals surface area contributed by atoms with Crippen molar-refractivity contribution in [3.8, 4) is 0 Å². The highest BCUT2D eigenvalue weighted by Crippen LogP contribution is 2.19. The van der Waals surface area contributed by atoms with E-state index < -0.39 is 0 Å². The van der Waals surface area contributed by atoms with Gasteiger partial charge in [0, 0.05) is 12.8 Å². The molecule has 0 fully saturated rings. The molecule has 1 atom stereocenters. The van der Waals surface area contributed by atoms with Crippen LogP contribution in [0.25, 0.3) is 0 Å². The third kappa shape index (κ3) is 2.66. The first kappa shape index (κ1) is 11.4. The molecule has 1 heterocycles. The van der Waals surface area contributed by atoms with Gasteiger partial charge in [0.05, 0.1) is 0 Å². The van der Waals surface area contributed by atoms with Crippen LogP contribution in [0.2, 0.25) is 5.15 Å². The van der Waals surface area contributed by atoms with Gasteiger partial charge in [0.2, 0.25) is 0 Å². The fourth-order valence-electron chi connectivity index (χ4n) is 1.04. The lowest BCUT2D eigenvalue weighted by molar-refractivity contribution is 0.112. The van der Waals surface area contributed by atoms with Crippen LogP contribution in [0.4, 0.5) is 0 Å². The highest BCUT2D eigenvalue weighted by molar-refractivity contribution is 6.29. The Labute approximate surface area is 89.5 Å². The average molecular weight is 215 g/mol. The van der Waals surface area contributed by atoms with Crippen LogP contribution in [-0.2, 0) is 4.74 Å². The fraction of sp³-hybridized carbons (Fsp3) is 0.600. The van der Waals surface area contributed by atoms with Crippen molar-refractivity contribution < 1.29 is 4.74 Å². The third-order valence-corrected chi connectivity index (χ3v) is 2.23. The summed E-state index contributed by atoms with van der Waals surface area (Å²) in [7, 11) is 1.63. The zero-order chi connectivity index (χ0) is 10.7. The summed E-state index contributed by atoms with van der Waals surface area (Å²) >= 11 is 5.89. The summed E-state index contributed by atoms with van der Waals surface area (Å²) in [4.78, 5) is 8.50. The van der Waals surface area contributed by atoms with E-state index in [0.29, 0.717) is 16.9 Å². The minimum Gasteiger partial charge on any atom is -0.374 e. The molecule has 1 rings (SSSR count).